The second-order valence-corrected chi connectivity index (χ2v) is 6.06. The maximum absolute atomic E-state index is 5.35. The van der Waals surface area contributed by atoms with E-state index in [1.807, 2.05) is 49.4 Å². The van der Waals surface area contributed by atoms with Gasteiger partial charge in [-0.2, -0.15) is 4.98 Å². The van der Waals surface area contributed by atoms with E-state index in [4.69, 9.17) is 4.52 Å². The van der Waals surface area contributed by atoms with E-state index in [0.29, 0.717) is 11.7 Å². The van der Waals surface area contributed by atoms with Crippen molar-refractivity contribution in [3.63, 3.8) is 0 Å². The minimum Gasteiger partial charge on any atom is -0.334 e. The lowest BCUT2D eigenvalue weighted by Gasteiger charge is -2.03. The van der Waals surface area contributed by atoms with Crippen LogP contribution in [-0.4, -0.2) is 10.1 Å². The molecule has 0 aliphatic carbocycles. The van der Waals surface area contributed by atoms with Crippen LogP contribution >= 0.6 is 31.9 Å². The fourth-order valence-corrected chi connectivity index (χ4v) is 3.00. The van der Waals surface area contributed by atoms with Gasteiger partial charge in [-0.25, -0.2) is 0 Å². The SMILES string of the molecule is Cc1c(Br)cc(-c2nc(-c3ccccc3)no2)cc1Br. The first-order valence-corrected chi connectivity index (χ1v) is 7.59. The van der Waals surface area contributed by atoms with Crippen molar-refractivity contribution in [2.75, 3.05) is 0 Å². The summed E-state index contributed by atoms with van der Waals surface area (Å²) >= 11 is 7.05. The number of aromatic nitrogens is 2. The standard InChI is InChI=1S/C15H10Br2N2O/c1-9-12(16)7-11(8-13(9)17)15-18-14(19-20-15)10-5-3-2-4-6-10/h2-8H,1H3. The molecule has 0 N–H and O–H groups in total. The zero-order chi connectivity index (χ0) is 14.1. The molecule has 3 aromatic rings. The lowest BCUT2D eigenvalue weighted by atomic mass is 10.1. The van der Waals surface area contributed by atoms with E-state index >= 15 is 0 Å². The van der Waals surface area contributed by atoms with Crippen LogP contribution in [-0.2, 0) is 0 Å². The van der Waals surface area contributed by atoms with Crippen molar-refractivity contribution in [2.45, 2.75) is 6.92 Å². The van der Waals surface area contributed by atoms with E-state index in [-0.39, 0.29) is 0 Å². The van der Waals surface area contributed by atoms with Crippen LogP contribution in [0.25, 0.3) is 22.8 Å². The summed E-state index contributed by atoms with van der Waals surface area (Å²) in [5.41, 5.74) is 2.95. The Hall–Kier alpha value is -1.46. The average molecular weight is 394 g/mol. The van der Waals surface area contributed by atoms with Crippen molar-refractivity contribution in [1.29, 1.82) is 0 Å². The van der Waals surface area contributed by atoms with Gasteiger partial charge < -0.3 is 4.52 Å². The highest BCUT2D eigenvalue weighted by atomic mass is 79.9. The molecule has 0 amide bonds. The van der Waals surface area contributed by atoms with Crippen LogP contribution in [0, 0.1) is 6.92 Å². The van der Waals surface area contributed by atoms with E-state index in [2.05, 4.69) is 42.0 Å². The molecule has 0 fully saturated rings. The minimum absolute atomic E-state index is 0.505. The first-order valence-electron chi connectivity index (χ1n) is 6.00. The van der Waals surface area contributed by atoms with E-state index in [1.165, 1.54) is 0 Å². The predicted molar refractivity (Wildman–Crippen MR) is 85.3 cm³/mol. The lowest BCUT2D eigenvalue weighted by molar-refractivity contribution is 0.432. The van der Waals surface area contributed by atoms with Crippen LogP contribution in [0.4, 0.5) is 0 Å². The Morgan fingerprint density at radius 3 is 2.25 bits per heavy atom. The van der Waals surface area contributed by atoms with Gasteiger partial charge in [-0.3, -0.25) is 0 Å². The number of benzene rings is 2. The minimum atomic E-state index is 0.505. The molecule has 3 nitrogen and oxygen atoms in total. The van der Waals surface area contributed by atoms with Gasteiger partial charge in [-0.1, -0.05) is 67.3 Å². The van der Waals surface area contributed by atoms with Gasteiger partial charge in [0.1, 0.15) is 0 Å². The summed E-state index contributed by atoms with van der Waals surface area (Å²) in [4.78, 5) is 4.44. The number of nitrogens with zero attached hydrogens (tertiary/aromatic N) is 2. The summed E-state index contributed by atoms with van der Waals surface area (Å²) in [5, 5.41) is 4.03. The first-order chi connectivity index (χ1) is 9.65. The fourth-order valence-electron chi connectivity index (χ4n) is 1.81. The Kier molecular flexibility index (Phi) is 3.72. The first kappa shape index (κ1) is 13.5. The summed E-state index contributed by atoms with van der Waals surface area (Å²) in [7, 11) is 0. The third kappa shape index (κ3) is 2.55. The third-order valence-electron chi connectivity index (χ3n) is 2.99. The quantitative estimate of drug-likeness (QED) is 0.597. The van der Waals surface area contributed by atoms with Gasteiger partial charge in [0.25, 0.3) is 5.89 Å². The Morgan fingerprint density at radius 2 is 1.60 bits per heavy atom. The van der Waals surface area contributed by atoms with Crippen LogP contribution in [0.3, 0.4) is 0 Å². The molecule has 5 heteroatoms. The van der Waals surface area contributed by atoms with E-state index in [9.17, 15) is 0 Å². The highest BCUT2D eigenvalue weighted by Gasteiger charge is 2.12. The average Bonchev–Trinajstić information content (AvgIpc) is 2.95. The molecule has 20 heavy (non-hydrogen) atoms. The van der Waals surface area contributed by atoms with Crippen molar-refractivity contribution < 1.29 is 4.52 Å². The number of hydrogen-bond acceptors (Lipinski definition) is 3. The van der Waals surface area contributed by atoms with E-state index in [0.717, 1.165) is 25.6 Å². The third-order valence-corrected chi connectivity index (χ3v) is 4.63. The van der Waals surface area contributed by atoms with Crippen LogP contribution < -0.4 is 0 Å². The molecule has 0 aliphatic heterocycles. The molecule has 1 heterocycles. The number of halogens is 2. The van der Waals surface area contributed by atoms with Crippen LogP contribution in [0.2, 0.25) is 0 Å². The van der Waals surface area contributed by atoms with E-state index < -0.39 is 0 Å². The molecular weight excluding hydrogens is 384 g/mol. The Bertz CT molecular complexity index is 731. The Labute approximate surface area is 133 Å². The summed E-state index contributed by atoms with van der Waals surface area (Å²) in [6.45, 7) is 2.03. The second kappa shape index (κ2) is 5.50. The molecule has 3 rings (SSSR count). The van der Waals surface area contributed by atoms with Gasteiger partial charge in [-0.15, -0.1) is 0 Å². The van der Waals surface area contributed by atoms with Crippen molar-refractivity contribution in [2.24, 2.45) is 0 Å². The molecule has 0 unspecified atom stereocenters. The van der Waals surface area contributed by atoms with Crippen molar-refractivity contribution in [3.8, 4) is 22.8 Å². The van der Waals surface area contributed by atoms with E-state index in [1.54, 1.807) is 0 Å². The second-order valence-electron chi connectivity index (χ2n) is 4.35. The molecule has 0 saturated carbocycles. The van der Waals surface area contributed by atoms with Gasteiger partial charge in [0.15, 0.2) is 0 Å². The van der Waals surface area contributed by atoms with Crippen molar-refractivity contribution in [1.82, 2.24) is 10.1 Å². The van der Waals surface area contributed by atoms with Gasteiger partial charge in [0.2, 0.25) is 5.82 Å². The van der Waals surface area contributed by atoms with Crippen molar-refractivity contribution in [3.05, 3.63) is 57.0 Å². The normalized spacial score (nSPS) is 10.8. The number of hydrogen-bond donors (Lipinski definition) is 0. The smallest absolute Gasteiger partial charge is 0.258 e. The van der Waals surface area contributed by atoms with Crippen molar-refractivity contribution >= 4 is 31.9 Å². The number of rotatable bonds is 2. The monoisotopic (exact) mass is 392 g/mol. The lowest BCUT2D eigenvalue weighted by Crippen LogP contribution is -1.84. The Balaban J connectivity index is 2.03. The maximum Gasteiger partial charge on any atom is 0.258 e. The molecule has 0 spiro atoms. The topological polar surface area (TPSA) is 38.9 Å². The molecule has 100 valence electrons. The fraction of sp³-hybridized carbons (Fsp3) is 0.0667. The van der Waals surface area contributed by atoms with Crippen LogP contribution in [0.15, 0.2) is 55.9 Å². The highest BCUT2D eigenvalue weighted by Crippen LogP contribution is 2.31. The predicted octanol–water partition coefficient (Wildman–Crippen LogP) is 5.24. The molecule has 2 aromatic carbocycles. The summed E-state index contributed by atoms with van der Waals surface area (Å²) < 4.78 is 7.35. The Morgan fingerprint density at radius 1 is 0.950 bits per heavy atom. The molecule has 0 aliphatic rings. The summed E-state index contributed by atoms with van der Waals surface area (Å²) in [6, 6.07) is 13.7. The molecule has 0 radical (unpaired) electrons. The van der Waals surface area contributed by atoms with Gasteiger partial charge in [-0.05, 0) is 24.6 Å². The zero-order valence-electron chi connectivity index (χ0n) is 10.6. The molecular formula is C15H10Br2N2O. The highest BCUT2D eigenvalue weighted by molar-refractivity contribution is 9.11. The van der Waals surface area contributed by atoms with Gasteiger partial charge >= 0.3 is 0 Å². The molecule has 0 bridgehead atoms. The molecule has 1 aromatic heterocycles. The molecule has 0 atom stereocenters. The van der Waals surface area contributed by atoms with Gasteiger partial charge in [0.05, 0.1) is 0 Å². The van der Waals surface area contributed by atoms with Crippen LogP contribution in [0.5, 0.6) is 0 Å². The largest absolute Gasteiger partial charge is 0.334 e. The summed E-state index contributed by atoms with van der Waals surface area (Å²) in [6.07, 6.45) is 0. The maximum atomic E-state index is 5.35. The van der Waals surface area contributed by atoms with Crippen LogP contribution in [0.1, 0.15) is 5.56 Å². The summed E-state index contributed by atoms with van der Waals surface area (Å²) in [5.74, 6) is 1.10. The molecule has 0 saturated heterocycles. The van der Waals surface area contributed by atoms with Gasteiger partial charge in [0, 0.05) is 20.1 Å². The zero-order valence-corrected chi connectivity index (χ0v) is 13.8.